The standard InChI is InChI=1S/C8H8Cl2O2/c1-12-8-3-7(10)6(9)2-5(8)4-11/h2-3,11H,4H2,1H3. The van der Waals surface area contributed by atoms with Crippen molar-refractivity contribution in [2.45, 2.75) is 6.61 Å². The molecule has 66 valence electrons. The minimum atomic E-state index is -0.111. The molecule has 0 radical (unpaired) electrons. The van der Waals surface area contributed by atoms with Gasteiger partial charge in [0, 0.05) is 11.6 Å². The van der Waals surface area contributed by atoms with Gasteiger partial charge in [0.25, 0.3) is 0 Å². The molecule has 2 nitrogen and oxygen atoms in total. The summed E-state index contributed by atoms with van der Waals surface area (Å²) in [6.07, 6.45) is 0. The lowest BCUT2D eigenvalue weighted by molar-refractivity contribution is 0.274. The lowest BCUT2D eigenvalue weighted by atomic mass is 10.2. The quantitative estimate of drug-likeness (QED) is 0.807. The number of benzene rings is 1. The number of aliphatic hydroxyl groups excluding tert-OH is 1. The van der Waals surface area contributed by atoms with E-state index in [0.717, 1.165) is 0 Å². The average molecular weight is 207 g/mol. The molecular weight excluding hydrogens is 199 g/mol. The Labute approximate surface area is 80.7 Å². The fourth-order valence-electron chi connectivity index (χ4n) is 0.883. The second-order valence-electron chi connectivity index (χ2n) is 2.24. The fourth-order valence-corrected chi connectivity index (χ4v) is 1.22. The van der Waals surface area contributed by atoms with Crippen LogP contribution < -0.4 is 4.74 Å². The van der Waals surface area contributed by atoms with Crippen molar-refractivity contribution in [3.05, 3.63) is 27.7 Å². The smallest absolute Gasteiger partial charge is 0.125 e. The summed E-state index contributed by atoms with van der Waals surface area (Å²) in [5.74, 6) is 0.548. The third-order valence-corrected chi connectivity index (χ3v) is 2.22. The summed E-state index contributed by atoms with van der Waals surface area (Å²) in [4.78, 5) is 0. The van der Waals surface area contributed by atoms with Gasteiger partial charge in [-0.15, -0.1) is 0 Å². The maximum Gasteiger partial charge on any atom is 0.125 e. The van der Waals surface area contributed by atoms with Crippen molar-refractivity contribution in [3.8, 4) is 5.75 Å². The van der Waals surface area contributed by atoms with Crippen LogP contribution in [0.2, 0.25) is 10.0 Å². The third kappa shape index (κ3) is 1.83. The van der Waals surface area contributed by atoms with Gasteiger partial charge in [-0.05, 0) is 6.07 Å². The molecule has 0 spiro atoms. The fraction of sp³-hybridized carbons (Fsp3) is 0.250. The van der Waals surface area contributed by atoms with E-state index in [1.165, 1.54) is 7.11 Å². The van der Waals surface area contributed by atoms with Crippen molar-refractivity contribution in [3.63, 3.8) is 0 Å². The van der Waals surface area contributed by atoms with E-state index in [4.69, 9.17) is 33.0 Å². The van der Waals surface area contributed by atoms with Crippen LogP contribution in [0.25, 0.3) is 0 Å². The molecule has 0 heterocycles. The summed E-state index contributed by atoms with van der Waals surface area (Å²) in [7, 11) is 1.51. The topological polar surface area (TPSA) is 29.5 Å². The lowest BCUT2D eigenvalue weighted by Crippen LogP contribution is -1.91. The third-order valence-electron chi connectivity index (χ3n) is 1.49. The summed E-state index contributed by atoms with van der Waals surface area (Å²) in [6, 6.07) is 3.16. The van der Waals surface area contributed by atoms with Gasteiger partial charge in [0.15, 0.2) is 0 Å². The first-order chi connectivity index (χ1) is 5.69. The highest BCUT2D eigenvalue weighted by Crippen LogP contribution is 2.30. The van der Waals surface area contributed by atoms with Gasteiger partial charge in [0.2, 0.25) is 0 Å². The Kier molecular flexibility index (Phi) is 3.20. The number of hydrogen-bond acceptors (Lipinski definition) is 2. The molecule has 0 bridgehead atoms. The van der Waals surface area contributed by atoms with Crippen molar-refractivity contribution in [1.29, 1.82) is 0 Å². The molecule has 1 aromatic rings. The van der Waals surface area contributed by atoms with Crippen molar-refractivity contribution in [2.24, 2.45) is 0 Å². The molecule has 0 fully saturated rings. The van der Waals surface area contributed by atoms with Crippen LogP contribution in [0.1, 0.15) is 5.56 Å². The zero-order chi connectivity index (χ0) is 9.14. The van der Waals surface area contributed by atoms with Gasteiger partial charge in [-0.2, -0.15) is 0 Å². The van der Waals surface area contributed by atoms with E-state index in [0.29, 0.717) is 21.4 Å². The maximum atomic E-state index is 8.88. The highest BCUT2D eigenvalue weighted by atomic mass is 35.5. The van der Waals surface area contributed by atoms with Crippen LogP contribution in [0.3, 0.4) is 0 Å². The van der Waals surface area contributed by atoms with E-state index < -0.39 is 0 Å². The molecule has 4 heteroatoms. The molecule has 0 unspecified atom stereocenters. The van der Waals surface area contributed by atoms with E-state index in [9.17, 15) is 0 Å². The van der Waals surface area contributed by atoms with Crippen molar-refractivity contribution >= 4 is 23.2 Å². The van der Waals surface area contributed by atoms with Crippen molar-refractivity contribution in [1.82, 2.24) is 0 Å². The number of methoxy groups -OCH3 is 1. The van der Waals surface area contributed by atoms with Gasteiger partial charge in [-0.3, -0.25) is 0 Å². The Morgan fingerprint density at radius 3 is 2.42 bits per heavy atom. The van der Waals surface area contributed by atoms with Crippen LogP contribution in [0.5, 0.6) is 5.75 Å². The van der Waals surface area contributed by atoms with Gasteiger partial charge < -0.3 is 9.84 Å². The number of halogens is 2. The first kappa shape index (κ1) is 9.65. The Bertz CT molecular complexity index is 258. The molecular formula is C8H8Cl2O2. The first-order valence-corrected chi connectivity index (χ1v) is 4.07. The Hall–Kier alpha value is -0.440. The van der Waals surface area contributed by atoms with Crippen LogP contribution in [-0.4, -0.2) is 12.2 Å². The molecule has 0 aliphatic heterocycles. The predicted molar refractivity (Wildman–Crippen MR) is 48.9 cm³/mol. The SMILES string of the molecule is COc1cc(Cl)c(Cl)cc1CO. The molecule has 1 aromatic carbocycles. The van der Waals surface area contributed by atoms with E-state index in [1.54, 1.807) is 12.1 Å². The highest BCUT2D eigenvalue weighted by Gasteiger charge is 2.06. The Balaban J connectivity index is 3.19. The van der Waals surface area contributed by atoms with E-state index in [-0.39, 0.29) is 6.61 Å². The average Bonchev–Trinajstić information content (AvgIpc) is 2.09. The van der Waals surface area contributed by atoms with Crippen molar-refractivity contribution < 1.29 is 9.84 Å². The van der Waals surface area contributed by atoms with Gasteiger partial charge in [-0.1, -0.05) is 23.2 Å². The number of hydrogen-bond donors (Lipinski definition) is 1. The number of aliphatic hydroxyl groups is 1. The summed E-state index contributed by atoms with van der Waals surface area (Å²) in [6.45, 7) is -0.111. The van der Waals surface area contributed by atoms with Crippen LogP contribution in [0.4, 0.5) is 0 Å². The zero-order valence-corrected chi connectivity index (χ0v) is 7.99. The molecule has 0 aliphatic carbocycles. The Morgan fingerprint density at radius 1 is 1.33 bits per heavy atom. The van der Waals surface area contributed by atoms with E-state index in [2.05, 4.69) is 0 Å². The zero-order valence-electron chi connectivity index (χ0n) is 6.47. The summed E-state index contributed by atoms with van der Waals surface area (Å²) in [5.41, 5.74) is 0.631. The van der Waals surface area contributed by atoms with Crippen LogP contribution in [-0.2, 0) is 6.61 Å². The summed E-state index contributed by atoms with van der Waals surface area (Å²) in [5, 5.41) is 9.72. The van der Waals surface area contributed by atoms with E-state index in [1.807, 2.05) is 0 Å². The second-order valence-corrected chi connectivity index (χ2v) is 3.05. The molecule has 12 heavy (non-hydrogen) atoms. The van der Waals surface area contributed by atoms with Gasteiger partial charge >= 0.3 is 0 Å². The summed E-state index contributed by atoms with van der Waals surface area (Å²) >= 11 is 11.5. The molecule has 1 N–H and O–H groups in total. The molecule has 0 aromatic heterocycles. The normalized spacial score (nSPS) is 10.0. The monoisotopic (exact) mass is 206 g/mol. The van der Waals surface area contributed by atoms with Crippen LogP contribution >= 0.6 is 23.2 Å². The molecule has 0 saturated heterocycles. The predicted octanol–water partition coefficient (Wildman–Crippen LogP) is 2.49. The van der Waals surface area contributed by atoms with Crippen LogP contribution in [0, 0.1) is 0 Å². The van der Waals surface area contributed by atoms with Gasteiger partial charge in [0.05, 0.1) is 23.8 Å². The minimum Gasteiger partial charge on any atom is -0.496 e. The lowest BCUT2D eigenvalue weighted by Gasteiger charge is -2.07. The molecule has 1 rings (SSSR count). The number of ether oxygens (including phenoxy) is 1. The van der Waals surface area contributed by atoms with Crippen molar-refractivity contribution in [2.75, 3.05) is 7.11 Å². The molecule has 0 saturated carbocycles. The largest absolute Gasteiger partial charge is 0.496 e. The summed E-state index contributed by atoms with van der Waals surface area (Å²) < 4.78 is 4.97. The Morgan fingerprint density at radius 2 is 1.92 bits per heavy atom. The van der Waals surface area contributed by atoms with E-state index >= 15 is 0 Å². The number of rotatable bonds is 2. The van der Waals surface area contributed by atoms with Gasteiger partial charge in [-0.25, -0.2) is 0 Å². The molecule has 0 amide bonds. The first-order valence-electron chi connectivity index (χ1n) is 3.31. The second kappa shape index (κ2) is 3.99. The highest BCUT2D eigenvalue weighted by molar-refractivity contribution is 6.42. The molecule has 0 aliphatic rings. The molecule has 0 atom stereocenters. The minimum absolute atomic E-state index is 0.111. The van der Waals surface area contributed by atoms with Crippen LogP contribution in [0.15, 0.2) is 12.1 Å². The maximum absolute atomic E-state index is 8.88. The van der Waals surface area contributed by atoms with Gasteiger partial charge in [0.1, 0.15) is 5.75 Å².